The number of benzene rings is 1. The summed E-state index contributed by atoms with van der Waals surface area (Å²) in [6, 6.07) is 3.46. The Balaban J connectivity index is 1.88. The van der Waals surface area contributed by atoms with Crippen molar-refractivity contribution in [3.05, 3.63) is 28.8 Å². The summed E-state index contributed by atoms with van der Waals surface area (Å²) in [4.78, 5) is 12.1. The highest BCUT2D eigenvalue weighted by molar-refractivity contribution is 7.88. The van der Waals surface area contributed by atoms with E-state index in [1.165, 1.54) is 23.7 Å². The number of piperidine rings is 1. The van der Waals surface area contributed by atoms with Gasteiger partial charge >= 0.3 is 0 Å². The van der Waals surface area contributed by atoms with Crippen molar-refractivity contribution in [3.63, 3.8) is 0 Å². The molecule has 1 aromatic carbocycles. The molecule has 0 radical (unpaired) electrons. The van der Waals surface area contributed by atoms with Crippen molar-refractivity contribution < 1.29 is 22.7 Å². The zero-order valence-corrected chi connectivity index (χ0v) is 18.0. The van der Waals surface area contributed by atoms with E-state index in [0.29, 0.717) is 42.8 Å². The zero-order chi connectivity index (χ0) is 20.7. The first-order valence-corrected chi connectivity index (χ1v) is 11.4. The van der Waals surface area contributed by atoms with Crippen molar-refractivity contribution in [1.82, 2.24) is 9.62 Å². The molecule has 0 saturated carbocycles. The number of nitrogens with one attached hydrogen (secondary N) is 1. The average Bonchev–Trinajstić information content (AvgIpc) is 2.66. The molecule has 1 saturated heterocycles. The van der Waals surface area contributed by atoms with Crippen LogP contribution in [0.1, 0.15) is 25.3 Å². The van der Waals surface area contributed by atoms with Crippen LogP contribution in [0.15, 0.2) is 18.2 Å². The van der Waals surface area contributed by atoms with Crippen LogP contribution in [-0.4, -0.2) is 58.2 Å². The minimum Gasteiger partial charge on any atom is -0.493 e. The first-order chi connectivity index (χ1) is 13.2. The van der Waals surface area contributed by atoms with E-state index in [9.17, 15) is 13.2 Å². The van der Waals surface area contributed by atoms with Gasteiger partial charge in [-0.3, -0.25) is 4.79 Å². The normalized spacial score (nSPS) is 16.3. The maximum absolute atomic E-state index is 12.1. The van der Waals surface area contributed by atoms with Gasteiger partial charge in [-0.25, -0.2) is 12.7 Å². The molecule has 1 N–H and O–H groups in total. The van der Waals surface area contributed by atoms with Crippen LogP contribution >= 0.6 is 11.6 Å². The lowest BCUT2D eigenvalue weighted by Crippen LogP contribution is -2.40. The second kappa shape index (κ2) is 10.1. The van der Waals surface area contributed by atoms with Gasteiger partial charge in [-0.15, -0.1) is 0 Å². The molecular formula is C19H27ClN2O5S. The van der Waals surface area contributed by atoms with Gasteiger partial charge in [0.25, 0.3) is 0 Å². The molecule has 0 atom stereocenters. The van der Waals surface area contributed by atoms with Gasteiger partial charge in [-0.1, -0.05) is 11.6 Å². The third-order valence-electron chi connectivity index (χ3n) is 4.58. The highest BCUT2D eigenvalue weighted by Crippen LogP contribution is 2.36. The predicted octanol–water partition coefficient (Wildman–Crippen LogP) is 2.55. The van der Waals surface area contributed by atoms with E-state index < -0.39 is 10.0 Å². The molecule has 1 aliphatic rings. The lowest BCUT2D eigenvalue weighted by Gasteiger charge is -2.30. The number of sulfonamides is 1. The molecule has 1 aromatic rings. The zero-order valence-electron chi connectivity index (χ0n) is 16.4. The summed E-state index contributed by atoms with van der Waals surface area (Å²) in [7, 11) is -1.60. The SMILES string of the molecule is CCOc1c(Cl)cc(/C=C/C(=O)NCC2CCN(S(C)(=O)=O)CC2)cc1OC. The fraction of sp³-hybridized carbons (Fsp3) is 0.526. The summed E-state index contributed by atoms with van der Waals surface area (Å²) in [5, 5.41) is 3.28. The van der Waals surface area contributed by atoms with E-state index in [0.717, 1.165) is 18.4 Å². The molecule has 1 heterocycles. The van der Waals surface area contributed by atoms with Crippen molar-refractivity contribution >= 4 is 33.6 Å². The quantitative estimate of drug-likeness (QED) is 0.640. The Labute approximate surface area is 171 Å². The molecule has 0 spiro atoms. The average molecular weight is 431 g/mol. The van der Waals surface area contributed by atoms with Crippen molar-refractivity contribution in [3.8, 4) is 11.5 Å². The Morgan fingerprint density at radius 3 is 2.61 bits per heavy atom. The number of rotatable bonds is 8. The molecule has 1 fully saturated rings. The first kappa shape index (κ1) is 22.5. The Kier molecular flexibility index (Phi) is 8.15. The van der Waals surface area contributed by atoms with Gasteiger partial charge in [0.15, 0.2) is 11.5 Å². The molecule has 28 heavy (non-hydrogen) atoms. The smallest absolute Gasteiger partial charge is 0.244 e. The van der Waals surface area contributed by atoms with E-state index in [1.54, 1.807) is 18.2 Å². The number of amides is 1. The fourth-order valence-corrected chi connectivity index (χ4v) is 4.19. The van der Waals surface area contributed by atoms with Crippen LogP contribution in [0.5, 0.6) is 11.5 Å². The standard InChI is InChI=1S/C19H27ClN2O5S/c1-4-27-19-16(20)11-15(12-17(19)26-2)5-6-18(23)21-13-14-7-9-22(10-8-14)28(3,24)25/h5-6,11-12,14H,4,7-10,13H2,1-3H3,(H,21,23)/b6-5+. The van der Waals surface area contributed by atoms with Crippen LogP contribution in [0.2, 0.25) is 5.02 Å². The Hall–Kier alpha value is -1.77. The molecule has 1 aliphatic heterocycles. The molecule has 0 aromatic heterocycles. The molecule has 9 heteroatoms. The van der Waals surface area contributed by atoms with Gasteiger partial charge in [-0.05, 0) is 49.5 Å². The van der Waals surface area contributed by atoms with Gasteiger partial charge in [-0.2, -0.15) is 0 Å². The monoisotopic (exact) mass is 430 g/mol. The fourth-order valence-electron chi connectivity index (χ4n) is 3.04. The molecule has 156 valence electrons. The third kappa shape index (κ3) is 6.39. The van der Waals surface area contributed by atoms with Crippen LogP contribution in [-0.2, 0) is 14.8 Å². The highest BCUT2D eigenvalue weighted by Gasteiger charge is 2.24. The number of methoxy groups -OCH3 is 1. The van der Waals surface area contributed by atoms with Gasteiger partial charge in [0.2, 0.25) is 15.9 Å². The number of nitrogens with zero attached hydrogens (tertiary/aromatic N) is 1. The van der Waals surface area contributed by atoms with E-state index in [2.05, 4.69) is 5.32 Å². The number of hydrogen-bond donors (Lipinski definition) is 1. The lowest BCUT2D eigenvalue weighted by atomic mass is 9.98. The van der Waals surface area contributed by atoms with Crippen LogP contribution in [0.3, 0.4) is 0 Å². The Morgan fingerprint density at radius 1 is 1.36 bits per heavy atom. The minimum atomic E-state index is -3.13. The maximum Gasteiger partial charge on any atom is 0.244 e. The van der Waals surface area contributed by atoms with E-state index in [1.807, 2.05) is 6.92 Å². The van der Waals surface area contributed by atoms with E-state index in [4.69, 9.17) is 21.1 Å². The molecule has 2 rings (SSSR count). The van der Waals surface area contributed by atoms with Crippen LogP contribution in [0, 0.1) is 5.92 Å². The van der Waals surface area contributed by atoms with E-state index in [-0.39, 0.29) is 11.8 Å². The lowest BCUT2D eigenvalue weighted by molar-refractivity contribution is -0.116. The minimum absolute atomic E-state index is 0.213. The van der Waals surface area contributed by atoms with E-state index >= 15 is 0 Å². The molecule has 0 unspecified atom stereocenters. The Bertz CT molecular complexity index is 818. The van der Waals surface area contributed by atoms with Crippen molar-refractivity contribution in [2.45, 2.75) is 19.8 Å². The summed E-state index contributed by atoms with van der Waals surface area (Å²) < 4.78 is 35.3. The second-order valence-corrected chi connectivity index (χ2v) is 9.04. The van der Waals surface area contributed by atoms with Gasteiger partial charge < -0.3 is 14.8 Å². The topological polar surface area (TPSA) is 84.9 Å². The van der Waals surface area contributed by atoms with Gasteiger partial charge in [0, 0.05) is 25.7 Å². The third-order valence-corrected chi connectivity index (χ3v) is 6.16. The highest BCUT2D eigenvalue weighted by atomic mass is 35.5. The Morgan fingerprint density at radius 2 is 2.04 bits per heavy atom. The maximum atomic E-state index is 12.1. The van der Waals surface area contributed by atoms with Crippen LogP contribution in [0.4, 0.5) is 0 Å². The molecule has 0 aliphatic carbocycles. The number of hydrogen-bond acceptors (Lipinski definition) is 5. The first-order valence-electron chi connectivity index (χ1n) is 9.16. The number of ether oxygens (including phenoxy) is 2. The van der Waals surface area contributed by atoms with Crippen LogP contribution in [0.25, 0.3) is 6.08 Å². The number of carbonyl (C=O) groups is 1. The van der Waals surface area contributed by atoms with Crippen molar-refractivity contribution in [2.75, 3.05) is 39.6 Å². The molecule has 1 amide bonds. The van der Waals surface area contributed by atoms with Crippen molar-refractivity contribution in [1.29, 1.82) is 0 Å². The van der Waals surface area contributed by atoms with Gasteiger partial charge in [0.05, 0.1) is 25.0 Å². The van der Waals surface area contributed by atoms with Crippen LogP contribution < -0.4 is 14.8 Å². The summed E-state index contributed by atoms with van der Waals surface area (Å²) >= 11 is 6.23. The predicted molar refractivity (Wildman–Crippen MR) is 110 cm³/mol. The van der Waals surface area contributed by atoms with Crippen molar-refractivity contribution in [2.24, 2.45) is 5.92 Å². The molecule has 0 bridgehead atoms. The molecular weight excluding hydrogens is 404 g/mol. The summed E-state index contributed by atoms with van der Waals surface area (Å²) in [6.07, 6.45) is 5.80. The van der Waals surface area contributed by atoms with Gasteiger partial charge in [0.1, 0.15) is 0 Å². The summed E-state index contributed by atoms with van der Waals surface area (Å²) in [5.41, 5.74) is 0.724. The number of carbonyl (C=O) groups excluding carboxylic acids is 1. The molecule has 7 nitrogen and oxygen atoms in total. The number of halogens is 1. The second-order valence-electron chi connectivity index (χ2n) is 6.65. The summed E-state index contributed by atoms with van der Waals surface area (Å²) in [6.45, 7) is 3.85. The largest absolute Gasteiger partial charge is 0.493 e. The summed E-state index contributed by atoms with van der Waals surface area (Å²) in [5.74, 6) is 1.05.